The third kappa shape index (κ3) is 4.51. The molecular weight excluding hydrogens is 314 g/mol. The van der Waals surface area contributed by atoms with Crippen LogP contribution in [0.5, 0.6) is 5.75 Å². The van der Waals surface area contributed by atoms with Gasteiger partial charge < -0.3 is 15.2 Å². The molecule has 2 aromatic carbocycles. The molecule has 0 saturated carbocycles. The van der Waals surface area contributed by atoms with Crippen molar-refractivity contribution in [1.82, 2.24) is 5.32 Å². The number of hydrogen-bond acceptors (Lipinski definition) is 4. The van der Waals surface area contributed by atoms with E-state index >= 15 is 0 Å². The van der Waals surface area contributed by atoms with E-state index in [9.17, 15) is 13.9 Å². The molecular formula is C18H18F2N2O2. The minimum Gasteiger partial charge on any atom is -0.479 e. The normalized spacial score (nSPS) is 13.1. The number of rotatable bonds is 7. The minimum absolute atomic E-state index is 0.00566. The molecule has 0 aliphatic heterocycles. The Balaban J connectivity index is 1.95. The number of aliphatic hydroxyl groups is 1. The summed E-state index contributed by atoms with van der Waals surface area (Å²) in [5.41, 5.74) is 0.581. The lowest BCUT2D eigenvalue weighted by Gasteiger charge is -2.18. The van der Waals surface area contributed by atoms with Crippen molar-refractivity contribution in [2.45, 2.75) is 19.1 Å². The van der Waals surface area contributed by atoms with Gasteiger partial charge in [0.05, 0.1) is 11.7 Å². The molecule has 0 bridgehead atoms. The first-order chi connectivity index (χ1) is 11.5. The number of ether oxygens (including phenoxy) is 1. The molecule has 0 saturated heterocycles. The summed E-state index contributed by atoms with van der Waals surface area (Å²) in [6.45, 7) is 1.86. The van der Waals surface area contributed by atoms with Gasteiger partial charge in [0, 0.05) is 12.6 Å². The Morgan fingerprint density at radius 1 is 1.17 bits per heavy atom. The van der Waals surface area contributed by atoms with Crippen LogP contribution in [-0.2, 0) is 0 Å². The molecule has 0 aliphatic rings. The van der Waals surface area contributed by atoms with E-state index in [1.54, 1.807) is 12.1 Å². The number of nitrogens with one attached hydrogen (secondary N) is 1. The fourth-order valence-electron chi connectivity index (χ4n) is 2.31. The Bertz CT molecular complexity index is 694. The maximum absolute atomic E-state index is 13.6. The summed E-state index contributed by atoms with van der Waals surface area (Å²) in [4.78, 5) is 0. The molecule has 0 fully saturated rings. The van der Waals surface area contributed by atoms with E-state index in [0.29, 0.717) is 5.75 Å². The van der Waals surface area contributed by atoms with Gasteiger partial charge in [0.2, 0.25) is 0 Å². The number of nitriles is 1. The highest BCUT2D eigenvalue weighted by Crippen LogP contribution is 2.22. The summed E-state index contributed by atoms with van der Waals surface area (Å²) in [7, 11) is 0. The van der Waals surface area contributed by atoms with Crippen LogP contribution in [-0.4, -0.2) is 18.3 Å². The van der Waals surface area contributed by atoms with Crippen molar-refractivity contribution in [3.63, 3.8) is 0 Å². The summed E-state index contributed by atoms with van der Waals surface area (Å²) in [5.74, 6) is -0.951. The first kappa shape index (κ1) is 17.9. The third-order valence-electron chi connectivity index (χ3n) is 3.63. The highest BCUT2D eigenvalue weighted by atomic mass is 19.1. The SMILES string of the molecule is CC(NCC(O)c1c(F)cccc1F)c1ccc(OCC#N)cc1. The van der Waals surface area contributed by atoms with E-state index in [0.717, 1.165) is 17.7 Å². The van der Waals surface area contributed by atoms with Crippen LogP contribution in [0.25, 0.3) is 0 Å². The van der Waals surface area contributed by atoms with Crippen LogP contribution in [0.1, 0.15) is 30.2 Å². The van der Waals surface area contributed by atoms with E-state index in [2.05, 4.69) is 5.32 Å². The Hall–Kier alpha value is -2.49. The van der Waals surface area contributed by atoms with E-state index in [4.69, 9.17) is 10.00 Å². The van der Waals surface area contributed by atoms with Crippen molar-refractivity contribution < 1.29 is 18.6 Å². The quantitative estimate of drug-likeness (QED) is 0.817. The van der Waals surface area contributed by atoms with Crippen LogP contribution in [0.15, 0.2) is 42.5 Å². The highest BCUT2D eigenvalue weighted by Gasteiger charge is 2.18. The second-order valence-corrected chi connectivity index (χ2v) is 5.30. The lowest BCUT2D eigenvalue weighted by Crippen LogP contribution is -2.25. The number of halogens is 2. The van der Waals surface area contributed by atoms with E-state index in [-0.39, 0.29) is 24.8 Å². The third-order valence-corrected chi connectivity index (χ3v) is 3.63. The monoisotopic (exact) mass is 332 g/mol. The zero-order valence-electron chi connectivity index (χ0n) is 13.2. The Kier molecular flexibility index (Phi) is 6.24. The number of aliphatic hydroxyl groups excluding tert-OH is 1. The topological polar surface area (TPSA) is 65.3 Å². The molecule has 0 aliphatic carbocycles. The summed E-state index contributed by atoms with van der Waals surface area (Å²) in [6.07, 6.45) is -1.29. The molecule has 6 heteroatoms. The van der Waals surface area contributed by atoms with Crippen LogP contribution < -0.4 is 10.1 Å². The molecule has 24 heavy (non-hydrogen) atoms. The number of nitrogens with zero attached hydrogens (tertiary/aromatic N) is 1. The van der Waals surface area contributed by atoms with Crippen LogP contribution in [0, 0.1) is 23.0 Å². The van der Waals surface area contributed by atoms with Crippen LogP contribution in [0.4, 0.5) is 8.78 Å². The minimum atomic E-state index is -1.29. The van der Waals surface area contributed by atoms with E-state index < -0.39 is 17.7 Å². The standard InChI is InChI=1S/C18H18F2N2O2/c1-12(13-5-7-14(8-6-13)24-10-9-21)22-11-17(23)18-15(19)3-2-4-16(18)20/h2-8,12,17,22-23H,10-11H2,1H3. The Labute approximate surface area is 139 Å². The smallest absolute Gasteiger partial charge is 0.174 e. The maximum Gasteiger partial charge on any atom is 0.174 e. The molecule has 2 N–H and O–H groups in total. The molecule has 0 amide bonds. The van der Waals surface area contributed by atoms with Crippen molar-refractivity contribution in [2.75, 3.05) is 13.2 Å². The van der Waals surface area contributed by atoms with Crippen LogP contribution in [0.3, 0.4) is 0 Å². The number of hydrogen-bond donors (Lipinski definition) is 2. The number of benzene rings is 2. The van der Waals surface area contributed by atoms with Crippen molar-refractivity contribution in [2.24, 2.45) is 0 Å². The summed E-state index contributed by atoms with van der Waals surface area (Å²) in [5, 5.41) is 21.5. The van der Waals surface area contributed by atoms with Gasteiger partial charge in [0.25, 0.3) is 0 Å². The van der Waals surface area contributed by atoms with Gasteiger partial charge in [0.15, 0.2) is 6.61 Å². The van der Waals surface area contributed by atoms with Crippen molar-refractivity contribution in [1.29, 1.82) is 5.26 Å². The van der Waals surface area contributed by atoms with Gasteiger partial charge in [-0.15, -0.1) is 0 Å². The van der Waals surface area contributed by atoms with E-state index in [1.165, 1.54) is 6.07 Å². The fourth-order valence-corrected chi connectivity index (χ4v) is 2.31. The van der Waals surface area contributed by atoms with Crippen molar-refractivity contribution >= 4 is 0 Å². The molecule has 0 radical (unpaired) electrons. The molecule has 0 aromatic heterocycles. The van der Waals surface area contributed by atoms with E-state index in [1.807, 2.05) is 25.1 Å². The van der Waals surface area contributed by atoms with Crippen molar-refractivity contribution in [3.05, 3.63) is 65.2 Å². The Morgan fingerprint density at radius 2 is 1.79 bits per heavy atom. The van der Waals surface area contributed by atoms with Gasteiger partial charge in [-0.1, -0.05) is 18.2 Å². The highest BCUT2D eigenvalue weighted by molar-refractivity contribution is 5.29. The lowest BCUT2D eigenvalue weighted by atomic mass is 10.1. The van der Waals surface area contributed by atoms with Gasteiger partial charge in [-0.2, -0.15) is 5.26 Å². The maximum atomic E-state index is 13.6. The molecule has 2 unspecified atom stereocenters. The summed E-state index contributed by atoms with van der Waals surface area (Å²) >= 11 is 0. The Morgan fingerprint density at radius 3 is 2.38 bits per heavy atom. The predicted molar refractivity (Wildman–Crippen MR) is 85.3 cm³/mol. The van der Waals surface area contributed by atoms with Gasteiger partial charge in [-0.05, 0) is 36.8 Å². The molecule has 0 heterocycles. The lowest BCUT2D eigenvalue weighted by molar-refractivity contribution is 0.161. The first-order valence-corrected chi connectivity index (χ1v) is 7.48. The van der Waals surface area contributed by atoms with Crippen LogP contribution >= 0.6 is 0 Å². The summed E-state index contributed by atoms with van der Waals surface area (Å²) < 4.78 is 32.4. The molecule has 2 rings (SSSR count). The summed E-state index contributed by atoms with van der Waals surface area (Å²) in [6, 6.07) is 12.3. The zero-order chi connectivity index (χ0) is 17.5. The molecule has 0 spiro atoms. The van der Waals surface area contributed by atoms with Crippen molar-refractivity contribution in [3.8, 4) is 11.8 Å². The molecule has 2 aromatic rings. The van der Waals surface area contributed by atoms with Gasteiger partial charge in [-0.25, -0.2) is 8.78 Å². The zero-order valence-corrected chi connectivity index (χ0v) is 13.2. The molecule has 2 atom stereocenters. The molecule has 126 valence electrons. The second kappa shape index (κ2) is 8.39. The average Bonchev–Trinajstić information content (AvgIpc) is 2.58. The fraction of sp³-hybridized carbons (Fsp3) is 0.278. The first-order valence-electron chi connectivity index (χ1n) is 7.48. The van der Waals surface area contributed by atoms with Gasteiger partial charge in [-0.3, -0.25) is 0 Å². The second-order valence-electron chi connectivity index (χ2n) is 5.30. The molecule has 4 nitrogen and oxygen atoms in total. The van der Waals surface area contributed by atoms with Gasteiger partial charge in [0.1, 0.15) is 23.5 Å². The van der Waals surface area contributed by atoms with Gasteiger partial charge >= 0.3 is 0 Å². The van der Waals surface area contributed by atoms with Crippen LogP contribution in [0.2, 0.25) is 0 Å². The average molecular weight is 332 g/mol. The predicted octanol–water partition coefficient (Wildman–Crippen LogP) is 3.25. The largest absolute Gasteiger partial charge is 0.479 e.